The van der Waals surface area contributed by atoms with E-state index in [1.54, 1.807) is 0 Å². The minimum atomic E-state index is -0.0905. The van der Waals surface area contributed by atoms with Crippen LogP contribution in [0.4, 0.5) is 0 Å². The van der Waals surface area contributed by atoms with E-state index in [0.717, 1.165) is 74.3 Å². The molecule has 0 spiro atoms. The first-order valence-corrected chi connectivity index (χ1v) is 15.2. The summed E-state index contributed by atoms with van der Waals surface area (Å²) in [5.74, 6) is 2.63. The Morgan fingerprint density at radius 2 is 0.921 bits per heavy atom. The average molecular weight is 519 g/mol. The Kier molecular flexibility index (Phi) is 10.8. The van der Waals surface area contributed by atoms with Crippen LogP contribution >= 0.6 is 0 Å². The SMILES string of the molecule is CCCCC1CCC(C(=O)Oc2ccc(-c3ccc(OC(=O)C4CCC(CCCC)CC4)cc3)cc2)CC1. The zero-order valence-corrected chi connectivity index (χ0v) is 23.5. The largest absolute Gasteiger partial charge is 0.426 e. The molecule has 0 atom stereocenters. The van der Waals surface area contributed by atoms with Gasteiger partial charge in [0.05, 0.1) is 11.8 Å². The van der Waals surface area contributed by atoms with Crippen molar-refractivity contribution in [2.45, 2.75) is 104 Å². The van der Waals surface area contributed by atoms with Gasteiger partial charge in [-0.1, -0.05) is 76.6 Å². The molecule has 2 aromatic carbocycles. The zero-order valence-electron chi connectivity index (χ0n) is 23.5. The zero-order chi connectivity index (χ0) is 26.7. The quantitative estimate of drug-likeness (QED) is 0.220. The molecule has 2 aliphatic carbocycles. The number of unbranched alkanes of at least 4 members (excludes halogenated alkanes) is 2. The van der Waals surface area contributed by atoms with Gasteiger partial charge < -0.3 is 9.47 Å². The van der Waals surface area contributed by atoms with Crippen LogP contribution in [0.15, 0.2) is 48.5 Å². The van der Waals surface area contributed by atoms with Gasteiger partial charge in [-0.3, -0.25) is 9.59 Å². The second-order valence-corrected chi connectivity index (χ2v) is 11.6. The Labute approximate surface area is 229 Å². The van der Waals surface area contributed by atoms with E-state index in [9.17, 15) is 9.59 Å². The number of ether oxygens (including phenoxy) is 2. The summed E-state index contributed by atoms with van der Waals surface area (Å²) >= 11 is 0. The minimum Gasteiger partial charge on any atom is -0.426 e. The second-order valence-electron chi connectivity index (χ2n) is 11.6. The van der Waals surface area contributed by atoms with Gasteiger partial charge in [-0.25, -0.2) is 0 Å². The molecule has 0 aliphatic heterocycles. The van der Waals surface area contributed by atoms with Crippen LogP contribution in [-0.4, -0.2) is 11.9 Å². The molecule has 0 radical (unpaired) electrons. The van der Waals surface area contributed by atoms with Crippen LogP contribution in [0.5, 0.6) is 11.5 Å². The number of hydrogen-bond acceptors (Lipinski definition) is 4. The van der Waals surface area contributed by atoms with Crippen LogP contribution in [0.1, 0.15) is 104 Å². The first kappa shape index (κ1) is 28.4. The summed E-state index contributed by atoms with van der Waals surface area (Å²) in [7, 11) is 0. The molecule has 206 valence electrons. The van der Waals surface area contributed by atoms with Crippen molar-refractivity contribution in [2.75, 3.05) is 0 Å². The van der Waals surface area contributed by atoms with E-state index in [0.29, 0.717) is 11.5 Å². The molecule has 38 heavy (non-hydrogen) atoms. The maximum absolute atomic E-state index is 12.7. The number of esters is 2. The van der Waals surface area contributed by atoms with E-state index in [-0.39, 0.29) is 23.8 Å². The van der Waals surface area contributed by atoms with E-state index in [1.807, 2.05) is 48.5 Å². The molecule has 0 amide bonds. The molecule has 2 saturated carbocycles. The van der Waals surface area contributed by atoms with Gasteiger partial charge in [0.1, 0.15) is 11.5 Å². The highest BCUT2D eigenvalue weighted by Crippen LogP contribution is 2.34. The van der Waals surface area contributed by atoms with Crippen molar-refractivity contribution in [1.82, 2.24) is 0 Å². The van der Waals surface area contributed by atoms with Crippen molar-refractivity contribution >= 4 is 11.9 Å². The average Bonchev–Trinajstić information content (AvgIpc) is 2.96. The van der Waals surface area contributed by atoms with E-state index in [1.165, 1.54) is 38.5 Å². The third kappa shape index (κ3) is 8.19. The van der Waals surface area contributed by atoms with Gasteiger partial charge in [0, 0.05) is 0 Å². The molecule has 0 bridgehead atoms. The van der Waals surface area contributed by atoms with E-state index in [2.05, 4.69) is 13.8 Å². The number of carbonyl (C=O) groups is 2. The van der Waals surface area contributed by atoms with Crippen LogP contribution < -0.4 is 9.47 Å². The van der Waals surface area contributed by atoms with Crippen LogP contribution in [-0.2, 0) is 9.59 Å². The van der Waals surface area contributed by atoms with E-state index < -0.39 is 0 Å². The van der Waals surface area contributed by atoms with Crippen LogP contribution in [0.2, 0.25) is 0 Å². The molecule has 0 heterocycles. The fraction of sp³-hybridized carbons (Fsp3) is 0.588. The van der Waals surface area contributed by atoms with Crippen LogP contribution in [0.25, 0.3) is 11.1 Å². The third-order valence-corrected chi connectivity index (χ3v) is 8.77. The van der Waals surface area contributed by atoms with E-state index in [4.69, 9.17) is 9.47 Å². The first-order valence-electron chi connectivity index (χ1n) is 15.2. The molecule has 2 aliphatic rings. The Balaban J connectivity index is 1.23. The fourth-order valence-electron chi connectivity index (χ4n) is 6.19. The Bertz CT molecular complexity index is 910. The summed E-state index contributed by atoms with van der Waals surface area (Å²) in [5.41, 5.74) is 2.06. The highest BCUT2D eigenvalue weighted by atomic mass is 16.5. The Morgan fingerprint density at radius 1 is 0.579 bits per heavy atom. The van der Waals surface area contributed by atoms with Crippen molar-refractivity contribution in [1.29, 1.82) is 0 Å². The van der Waals surface area contributed by atoms with Gasteiger partial charge in [0.15, 0.2) is 0 Å². The standard InChI is InChI=1S/C34H46O4/c1-3-5-7-25-9-13-29(14-10-25)33(35)37-31-21-17-27(18-22-31)28-19-23-32(24-20-28)38-34(36)30-15-11-26(12-16-30)8-6-4-2/h17-26,29-30H,3-16H2,1-2H3. The number of rotatable bonds is 11. The maximum Gasteiger partial charge on any atom is 0.314 e. The lowest BCUT2D eigenvalue weighted by molar-refractivity contribution is -0.141. The van der Waals surface area contributed by atoms with Gasteiger partial charge in [-0.2, -0.15) is 0 Å². The highest BCUT2D eigenvalue weighted by molar-refractivity contribution is 5.76. The highest BCUT2D eigenvalue weighted by Gasteiger charge is 2.28. The van der Waals surface area contributed by atoms with Crippen LogP contribution in [0, 0.1) is 23.7 Å². The first-order chi connectivity index (χ1) is 18.6. The van der Waals surface area contributed by atoms with Crippen molar-refractivity contribution in [3.05, 3.63) is 48.5 Å². The van der Waals surface area contributed by atoms with Crippen LogP contribution in [0.3, 0.4) is 0 Å². The van der Waals surface area contributed by atoms with Gasteiger partial charge in [-0.05, 0) is 98.6 Å². The fourth-order valence-corrected chi connectivity index (χ4v) is 6.19. The Morgan fingerprint density at radius 3 is 1.24 bits per heavy atom. The van der Waals surface area contributed by atoms with Gasteiger partial charge in [0.25, 0.3) is 0 Å². The molecule has 2 aromatic rings. The molecule has 0 N–H and O–H groups in total. The van der Waals surface area contributed by atoms with Gasteiger partial charge >= 0.3 is 11.9 Å². The summed E-state index contributed by atoms with van der Waals surface area (Å²) in [5, 5.41) is 0. The maximum atomic E-state index is 12.7. The number of carbonyl (C=O) groups excluding carboxylic acids is 2. The number of benzene rings is 2. The second kappa shape index (κ2) is 14.5. The summed E-state index contributed by atoms with van der Waals surface area (Å²) in [6.07, 6.45) is 16.0. The topological polar surface area (TPSA) is 52.6 Å². The summed E-state index contributed by atoms with van der Waals surface area (Å²) in [6, 6.07) is 15.4. The molecule has 4 heteroatoms. The van der Waals surface area contributed by atoms with Crippen molar-refractivity contribution in [2.24, 2.45) is 23.7 Å². The van der Waals surface area contributed by atoms with Crippen molar-refractivity contribution in [3.8, 4) is 22.6 Å². The molecule has 2 fully saturated rings. The lowest BCUT2D eigenvalue weighted by atomic mass is 9.80. The lowest BCUT2D eigenvalue weighted by Crippen LogP contribution is -2.25. The monoisotopic (exact) mass is 518 g/mol. The lowest BCUT2D eigenvalue weighted by Gasteiger charge is -2.27. The molecular weight excluding hydrogens is 472 g/mol. The Hall–Kier alpha value is -2.62. The molecule has 4 rings (SSSR count). The molecule has 4 nitrogen and oxygen atoms in total. The summed E-state index contributed by atoms with van der Waals surface area (Å²) < 4.78 is 11.4. The predicted molar refractivity (Wildman–Crippen MR) is 153 cm³/mol. The smallest absolute Gasteiger partial charge is 0.314 e. The molecule has 0 saturated heterocycles. The van der Waals surface area contributed by atoms with Gasteiger partial charge in [-0.15, -0.1) is 0 Å². The minimum absolute atomic E-state index is 0.0268. The van der Waals surface area contributed by atoms with Crippen molar-refractivity contribution < 1.29 is 19.1 Å². The van der Waals surface area contributed by atoms with Gasteiger partial charge in [0.2, 0.25) is 0 Å². The summed E-state index contributed by atoms with van der Waals surface area (Å²) in [4.78, 5) is 25.4. The van der Waals surface area contributed by atoms with E-state index >= 15 is 0 Å². The predicted octanol–water partition coefficient (Wildman–Crippen LogP) is 9.16. The molecule has 0 unspecified atom stereocenters. The molecule has 0 aromatic heterocycles. The normalized spacial score (nSPS) is 23.5. The third-order valence-electron chi connectivity index (χ3n) is 8.77. The van der Waals surface area contributed by atoms with Crippen molar-refractivity contribution in [3.63, 3.8) is 0 Å². The summed E-state index contributed by atoms with van der Waals surface area (Å²) in [6.45, 7) is 4.47. The molecular formula is C34H46O4. The number of hydrogen-bond donors (Lipinski definition) is 0.